The van der Waals surface area contributed by atoms with E-state index in [0.29, 0.717) is 0 Å². The molecule has 1 unspecified atom stereocenters. The van der Waals surface area contributed by atoms with Crippen molar-refractivity contribution in [1.29, 1.82) is 0 Å². The van der Waals surface area contributed by atoms with Crippen LogP contribution >= 0.6 is 0 Å². The van der Waals surface area contributed by atoms with Gasteiger partial charge in [-0.1, -0.05) is 38.7 Å². The molecular weight excluding hydrogens is 284 g/mol. The van der Waals surface area contributed by atoms with E-state index in [0.717, 1.165) is 49.9 Å². The van der Waals surface area contributed by atoms with Gasteiger partial charge < -0.3 is 10.2 Å². The molecule has 0 amide bonds. The van der Waals surface area contributed by atoms with Crippen LogP contribution in [-0.2, 0) is 0 Å². The lowest BCUT2D eigenvalue weighted by atomic mass is 9.65. The van der Waals surface area contributed by atoms with Crippen LogP contribution in [0.4, 0.5) is 0 Å². The molecule has 3 aliphatic rings. The molecule has 2 saturated carbocycles. The van der Waals surface area contributed by atoms with Gasteiger partial charge in [0.15, 0.2) is 0 Å². The fourth-order valence-electron chi connectivity index (χ4n) is 5.51. The zero-order valence-corrected chi connectivity index (χ0v) is 15.0. The van der Waals surface area contributed by atoms with Crippen LogP contribution in [0.2, 0.25) is 0 Å². The quantitative estimate of drug-likeness (QED) is 0.717. The zero-order chi connectivity index (χ0) is 16.3. The first-order valence-electron chi connectivity index (χ1n) is 10.2. The van der Waals surface area contributed by atoms with Crippen molar-refractivity contribution in [2.24, 2.45) is 17.8 Å². The first-order valence-corrected chi connectivity index (χ1v) is 10.2. The Morgan fingerprint density at radius 2 is 1.65 bits per heavy atom. The molecule has 0 heterocycles. The number of rotatable bonds is 4. The smallest absolute Gasteiger partial charge is 0.0857 e. The van der Waals surface area contributed by atoms with E-state index in [2.05, 4.69) is 13.0 Å². The van der Waals surface area contributed by atoms with Crippen molar-refractivity contribution < 1.29 is 10.2 Å². The Morgan fingerprint density at radius 1 is 1.00 bits per heavy atom. The van der Waals surface area contributed by atoms with E-state index < -0.39 is 5.60 Å². The minimum atomic E-state index is -0.546. The third-order valence-electron chi connectivity index (χ3n) is 7.09. The van der Waals surface area contributed by atoms with Crippen LogP contribution in [0.15, 0.2) is 11.6 Å². The van der Waals surface area contributed by atoms with Crippen molar-refractivity contribution >= 4 is 0 Å². The fraction of sp³-hybridized carbons (Fsp3) is 0.905. The van der Waals surface area contributed by atoms with Crippen LogP contribution in [0.1, 0.15) is 90.4 Å². The Morgan fingerprint density at radius 3 is 2.22 bits per heavy atom. The summed E-state index contributed by atoms with van der Waals surface area (Å²) in [5.74, 6) is 2.78. The van der Waals surface area contributed by atoms with Gasteiger partial charge in [-0.25, -0.2) is 0 Å². The van der Waals surface area contributed by atoms with Crippen molar-refractivity contribution in [3.8, 4) is 0 Å². The Labute approximate surface area is 142 Å². The summed E-state index contributed by atoms with van der Waals surface area (Å²) in [6.45, 7) is 2.31. The summed E-state index contributed by atoms with van der Waals surface area (Å²) >= 11 is 0. The highest BCUT2D eigenvalue weighted by Crippen LogP contribution is 2.46. The van der Waals surface area contributed by atoms with Gasteiger partial charge in [0.1, 0.15) is 0 Å². The minimum Gasteiger partial charge on any atom is -0.393 e. The molecule has 2 heteroatoms. The lowest BCUT2D eigenvalue weighted by Crippen LogP contribution is -2.39. The summed E-state index contributed by atoms with van der Waals surface area (Å²) in [6.07, 6.45) is 17.3. The fourth-order valence-corrected chi connectivity index (χ4v) is 5.51. The molecule has 0 spiro atoms. The van der Waals surface area contributed by atoms with Gasteiger partial charge in [0.05, 0.1) is 11.7 Å². The highest BCUT2D eigenvalue weighted by Gasteiger charge is 2.39. The van der Waals surface area contributed by atoms with Gasteiger partial charge in [-0.05, 0) is 81.1 Å². The maximum absolute atomic E-state index is 11.1. The summed E-state index contributed by atoms with van der Waals surface area (Å²) in [5.41, 5.74) is 0.684. The van der Waals surface area contributed by atoms with E-state index in [1.54, 1.807) is 0 Å². The third kappa shape index (κ3) is 4.20. The van der Waals surface area contributed by atoms with Gasteiger partial charge in [-0.2, -0.15) is 0 Å². The van der Waals surface area contributed by atoms with E-state index in [1.165, 1.54) is 56.9 Å². The van der Waals surface area contributed by atoms with E-state index in [9.17, 15) is 10.2 Å². The van der Waals surface area contributed by atoms with E-state index in [1.807, 2.05) is 0 Å². The van der Waals surface area contributed by atoms with Crippen LogP contribution in [-0.4, -0.2) is 21.9 Å². The van der Waals surface area contributed by atoms with Gasteiger partial charge in [-0.3, -0.25) is 0 Å². The monoisotopic (exact) mass is 320 g/mol. The molecule has 0 saturated heterocycles. The molecule has 132 valence electrons. The van der Waals surface area contributed by atoms with Gasteiger partial charge in [0.25, 0.3) is 0 Å². The van der Waals surface area contributed by atoms with E-state index in [-0.39, 0.29) is 6.10 Å². The van der Waals surface area contributed by atoms with Gasteiger partial charge >= 0.3 is 0 Å². The first kappa shape index (κ1) is 17.5. The van der Waals surface area contributed by atoms with Crippen LogP contribution in [0.5, 0.6) is 0 Å². The standard InChI is InChI=1S/C21H36O2/c1-2-3-16-4-6-17(7-5-16)18-12-14-21(23,15-13-18)19-8-10-20(22)11-9-19/h8,16-18,20,22-23H,2-7,9-15H2,1H3. The number of hydrogen-bond donors (Lipinski definition) is 2. The van der Waals surface area contributed by atoms with Crippen molar-refractivity contribution in [3.05, 3.63) is 11.6 Å². The Hall–Kier alpha value is -0.340. The Kier molecular flexibility index (Phi) is 5.85. The predicted octanol–water partition coefficient (Wildman–Crippen LogP) is 4.99. The summed E-state index contributed by atoms with van der Waals surface area (Å²) in [4.78, 5) is 0. The van der Waals surface area contributed by atoms with Crippen LogP contribution in [0.3, 0.4) is 0 Å². The zero-order valence-electron chi connectivity index (χ0n) is 15.0. The molecule has 0 aliphatic heterocycles. The largest absolute Gasteiger partial charge is 0.393 e. The summed E-state index contributed by atoms with van der Waals surface area (Å²) in [7, 11) is 0. The first-order chi connectivity index (χ1) is 11.1. The average molecular weight is 321 g/mol. The molecule has 0 aromatic carbocycles. The second kappa shape index (κ2) is 7.70. The molecule has 0 aromatic rings. The van der Waals surface area contributed by atoms with E-state index >= 15 is 0 Å². The second-order valence-electron chi connectivity index (χ2n) is 8.60. The molecule has 2 N–H and O–H groups in total. The molecule has 3 rings (SSSR count). The normalized spacial score (nSPS) is 42.3. The summed E-state index contributed by atoms with van der Waals surface area (Å²) in [5, 5.41) is 20.7. The maximum atomic E-state index is 11.1. The SMILES string of the molecule is CCCC1CCC(C2CCC(O)(C3=CCC(O)CC3)CC2)CC1. The highest BCUT2D eigenvalue weighted by molar-refractivity contribution is 5.20. The molecule has 0 radical (unpaired) electrons. The average Bonchev–Trinajstić information content (AvgIpc) is 2.57. The van der Waals surface area contributed by atoms with Crippen LogP contribution in [0.25, 0.3) is 0 Å². The van der Waals surface area contributed by atoms with E-state index in [4.69, 9.17) is 0 Å². The third-order valence-corrected chi connectivity index (χ3v) is 7.09. The summed E-state index contributed by atoms with van der Waals surface area (Å²) in [6, 6.07) is 0. The van der Waals surface area contributed by atoms with Gasteiger partial charge in [0, 0.05) is 0 Å². The van der Waals surface area contributed by atoms with Crippen LogP contribution in [0, 0.1) is 17.8 Å². The maximum Gasteiger partial charge on any atom is 0.0857 e. The van der Waals surface area contributed by atoms with Gasteiger partial charge in [0.2, 0.25) is 0 Å². The number of aliphatic hydroxyl groups is 2. The molecule has 23 heavy (non-hydrogen) atoms. The van der Waals surface area contributed by atoms with Crippen molar-refractivity contribution in [2.75, 3.05) is 0 Å². The number of hydrogen-bond acceptors (Lipinski definition) is 2. The number of aliphatic hydroxyl groups excluding tert-OH is 1. The van der Waals surface area contributed by atoms with Crippen molar-refractivity contribution in [1.82, 2.24) is 0 Å². The Balaban J connectivity index is 1.49. The molecular formula is C21H36O2. The molecule has 1 atom stereocenters. The van der Waals surface area contributed by atoms with Gasteiger partial charge in [-0.15, -0.1) is 0 Å². The molecule has 2 fully saturated rings. The summed E-state index contributed by atoms with van der Waals surface area (Å²) < 4.78 is 0. The predicted molar refractivity (Wildman–Crippen MR) is 95.2 cm³/mol. The minimum absolute atomic E-state index is 0.183. The highest BCUT2D eigenvalue weighted by atomic mass is 16.3. The molecule has 0 aromatic heterocycles. The molecule has 2 nitrogen and oxygen atoms in total. The lowest BCUT2D eigenvalue weighted by Gasteiger charge is -2.43. The van der Waals surface area contributed by atoms with Crippen molar-refractivity contribution in [2.45, 2.75) is 102 Å². The molecule has 3 aliphatic carbocycles. The van der Waals surface area contributed by atoms with Crippen LogP contribution < -0.4 is 0 Å². The molecule has 0 bridgehead atoms. The topological polar surface area (TPSA) is 40.5 Å². The second-order valence-corrected chi connectivity index (χ2v) is 8.60. The van der Waals surface area contributed by atoms with Crippen molar-refractivity contribution in [3.63, 3.8) is 0 Å². The lowest BCUT2D eigenvalue weighted by molar-refractivity contribution is 0.00252. The Bertz CT molecular complexity index is 398.